The predicted molar refractivity (Wildman–Crippen MR) is 141 cm³/mol. The maximum absolute atomic E-state index is 12.1. The monoisotopic (exact) mass is 507 g/mol. The van der Waals surface area contributed by atoms with Crippen molar-refractivity contribution in [3.63, 3.8) is 0 Å². The SMILES string of the molecule is C=CC(=O)OCCN(CCOC(=O)C=C)c1ccc(N=Nc2ccc(C(=O)OC[C@@H](C)CC)cc2)cc1. The van der Waals surface area contributed by atoms with Crippen molar-refractivity contribution in [1.29, 1.82) is 0 Å². The summed E-state index contributed by atoms with van der Waals surface area (Å²) in [5.74, 6) is -1.06. The summed E-state index contributed by atoms with van der Waals surface area (Å²) >= 11 is 0. The van der Waals surface area contributed by atoms with E-state index < -0.39 is 11.9 Å². The number of carbonyl (C=O) groups excluding carboxylic acids is 3. The summed E-state index contributed by atoms with van der Waals surface area (Å²) in [4.78, 5) is 36.7. The van der Waals surface area contributed by atoms with Crippen LogP contribution in [0.1, 0.15) is 30.6 Å². The van der Waals surface area contributed by atoms with Crippen LogP contribution >= 0.6 is 0 Å². The van der Waals surface area contributed by atoms with Crippen LogP contribution in [-0.4, -0.2) is 50.8 Å². The molecule has 0 N–H and O–H groups in total. The molecule has 0 amide bonds. The Morgan fingerprint density at radius 3 is 1.78 bits per heavy atom. The number of azo groups is 1. The van der Waals surface area contributed by atoms with Crippen molar-refractivity contribution < 1.29 is 28.6 Å². The second-order valence-electron chi connectivity index (χ2n) is 8.11. The van der Waals surface area contributed by atoms with Crippen molar-refractivity contribution in [3.8, 4) is 0 Å². The maximum atomic E-state index is 12.1. The number of hydrogen-bond acceptors (Lipinski definition) is 9. The summed E-state index contributed by atoms with van der Waals surface area (Å²) < 4.78 is 15.4. The molecule has 0 saturated heterocycles. The van der Waals surface area contributed by atoms with Crippen LogP contribution in [0.5, 0.6) is 0 Å². The zero-order valence-corrected chi connectivity index (χ0v) is 21.3. The molecule has 2 aromatic carbocycles. The Morgan fingerprint density at radius 1 is 0.838 bits per heavy atom. The van der Waals surface area contributed by atoms with Crippen LogP contribution in [0.4, 0.5) is 17.1 Å². The van der Waals surface area contributed by atoms with Gasteiger partial charge in [-0.05, 0) is 54.4 Å². The van der Waals surface area contributed by atoms with E-state index >= 15 is 0 Å². The molecule has 0 bridgehead atoms. The molecular formula is C28H33N3O6. The molecule has 0 aromatic heterocycles. The third kappa shape index (κ3) is 10.5. The summed E-state index contributed by atoms with van der Waals surface area (Å²) in [6.45, 7) is 12.3. The first-order valence-electron chi connectivity index (χ1n) is 12.0. The molecule has 37 heavy (non-hydrogen) atoms. The van der Waals surface area contributed by atoms with Gasteiger partial charge >= 0.3 is 17.9 Å². The number of carbonyl (C=O) groups is 3. The number of nitrogens with zero attached hydrogens (tertiary/aromatic N) is 3. The van der Waals surface area contributed by atoms with Crippen molar-refractivity contribution in [2.45, 2.75) is 20.3 Å². The first-order chi connectivity index (χ1) is 17.9. The molecule has 0 saturated carbocycles. The number of rotatable bonds is 15. The molecule has 196 valence electrons. The van der Waals surface area contributed by atoms with E-state index in [1.807, 2.05) is 24.0 Å². The average Bonchev–Trinajstić information content (AvgIpc) is 2.93. The van der Waals surface area contributed by atoms with Gasteiger partial charge in [0, 0.05) is 17.8 Å². The van der Waals surface area contributed by atoms with Crippen molar-refractivity contribution in [2.24, 2.45) is 16.1 Å². The summed E-state index contributed by atoms with van der Waals surface area (Å²) in [5.41, 5.74) is 2.50. The first-order valence-corrected chi connectivity index (χ1v) is 12.0. The fourth-order valence-electron chi connectivity index (χ4n) is 2.93. The van der Waals surface area contributed by atoms with Gasteiger partial charge in [0.25, 0.3) is 0 Å². The van der Waals surface area contributed by atoms with Gasteiger partial charge in [-0.15, -0.1) is 0 Å². The van der Waals surface area contributed by atoms with E-state index in [1.54, 1.807) is 36.4 Å². The summed E-state index contributed by atoms with van der Waals surface area (Å²) in [6, 6.07) is 14.0. The molecule has 9 heteroatoms. The predicted octanol–water partition coefficient (Wildman–Crippen LogP) is 5.57. The average molecular weight is 508 g/mol. The Morgan fingerprint density at radius 2 is 1.32 bits per heavy atom. The number of esters is 3. The van der Waals surface area contributed by atoms with Gasteiger partial charge < -0.3 is 19.1 Å². The minimum absolute atomic E-state index is 0.142. The topological polar surface area (TPSA) is 107 Å². The quantitative estimate of drug-likeness (QED) is 0.134. The fourth-order valence-corrected chi connectivity index (χ4v) is 2.93. The highest BCUT2D eigenvalue weighted by Crippen LogP contribution is 2.23. The minimum Gasteiger partial charge on any atom is -0.462 e. The van der Waals surface area contributed by atoms with Gasteiger partial charge in [-0.25, -0.2) is 14.4 Å². The molecule has 0 spiro atoms. The van der Waals surface area contributed by atoms with Crippen LogP contribution < -0.4 is 4.90 Å². The second kappa shape index (κ2) is 15.7. The molecule has 0 aliphatic heterocycles. The van der Waals surface area contributed by atoms with Gasteiger partial charge in [0.05, 0.1) is 36.6 Å². The van der Waals surface area contributed by atoms with E-state index in [9.17, 15) is 14.4 Å². The lowest BCUT2D eigenvalue weighted by atomic mass is 10.1. The van der Waals surface area contributed by atoms with E-state index in [-0.39, 0.29) is 19.2 Å². The molecule has 1 atom stereocenters. The van der Waals surface area contributed by atoms with E-state index in [1.165, 1.54) is 0 Å². The highest BCUT2D eigenvalue weighted by molar-refractivity contribution is 5.89. The summed E-state index contributed by atoms with van der Waals surface area (Å²) in [5, 5.41) is 8.47. The van der Waals surface area contributed by atoms with E-state index in [0.717, 1.165) is 24.3 Å². The van der Waals surface area contributed by atoms with Crippen molar-refractivity contribution in [3.05, 3.63) is 79.4 Å². The van der Waals surface area contributed by atoms with Crippen LogP contribution in [-0.2, 0) is 23.8 Å². The molecule has 2 aromatic rings. The lowest BCUT2D eigenvalue weighted by Crippen LogP contribution is -2.31. The smallest absolute Gasteiger partial charge is 0.338 e. The van der Waals surface area contributed by atoms with E-state index in [2.05, 4.69) is 30.3 Å². The Bertz CT molecular complexity index is 1050. The standard InChI is InChI=1S/C28H33N3O6/c1-5-21(4)20-37-28(34)22-8-10-23(11-9-22)29-30-24-12-14-25(15-13-24)31(16-18-35-26(32)6-2)17-19-36-27(33)7-3/h6-15,21H,2-3,5,16-20H2,1,4H3/t21-/m0/s1. The van der Waals surface area contributed by atoms with E-state index in [0.29, 0.717) is 42.6 Å². The molecule has 0 unspecified atom stereocenters. The molecular weight excluding hydrogens is 474 g/mol. The number of benzene rings is 2. The lowest BCUT2D eigenvalue weighted by Gasteiger charge is -2.24. The molecule has 2 rings (SSSR count). The second-order valence-corrected chi connectivity index (χ2v) is 8.11. The van der Waals surface area contributed by atoms with Gasteiger partial charge in [0.15, 0.2) is 0 Å². The molecule has 0 heterocycles. The first kappa shape index (κ1) is 29.0. The summed E-state index contributed by atoms with van der Waals surface area (Å²) in [6.07, 6.45) is 3.15. The highest BCUT2D eigenvalue weighted by Gasteiger charge is 2.10. The van der Waals surface area contributed by atoms with Crippen LogP contribution in [0.25, 0.3) is 0 Å². The highest BCUT2D eigenvalue weighted by atomic mass is 16.5. The van der Waals surface area contributed by atoms with Gasteiger partial charge in [-0.2, -0.15) is 10.2 Å². The molecule has 0 aliphatic carbocycles. The zero-order valence-electron chi connectivity index (χ0n) is 21.3. The molecule has 0 aliphatic rings. The third-order valence-electron chi connectivity index (χ3n) is 5.34. The maximum Gasteiger partial charge on any atom is 0.338 e. The van der Waals surface area contributed by atoms with Crippen molar-refractivity contribution in [2.75, 3.05) is 37.8 Å². The van der Waals surface area contributed by atoms with Crippen molar-refractivity contribution >= 4 is 35.0 Å². The molecule has 0 radical (unpaired) electrons. The van der Waals surface area contributed by atoms with Crippen LogP contribution in [0.2, 0.25) is 0 Å². The fraction of sp³-hybridized carbons (Fsp3) is 0.321. The third-order valence-corrected chi connectivity index (χ3v) is 5.34. The number of hydrogen-bond donors (Lipinski definition) is 0. The van der Waals surface area contributed by atoms with Gasteiger partial charge in [0.2, 0.25) is 0 Å². The lowest BCUT2D eigenvalue weighted by molar-refractivity contribution is -0.137. The van der Waals surface area contributed by atoms with Crippen LogP contribution in [0, 0.1) is 5.92 Å². The Balaban J connectivity index is 1.99. The summed E-state index contributed by atoms with van der Waals surface area (Å²) in [7, 11) is 0. The van der Waals surface area contributed by atoms with Crippen LogP contribution in [0.3, 0.4) is 0 Å². The van der Waals surface area contributed by atoms with E-state index in [4.69, 9.17) is 14.2 Å². The number of anilines is 1. The zero-order chi connectivity index (χ0) is 27.0. The normalized spacial score (nSPS) is 11.4. The number of ether oxygens (including phenoxy) is 3. The Labute approximate surface area is 217 Å². The van der Waals surface area contributed by atoms with Gasteiger partial charge in [0.1, 0.15) is 13.2 Å². The Hall–Kier alpha value is -4.27. The molecule has 9 nitrogen and oxygen atoms in total. The van der Waals surface area contributed by atoms with Crippen LogP contribution in [0.15, 0.2) is 84.1 Å². The molecule has 0 fully saturated rings. The van der Waals surface area contributed by atoms with Gasteiger partial charge in [-0.1, -0.05) is 33.4 Å². The minimum atomic E-state index is -0.509. The van der Waals surface area contributed by atoms with Crippen molar-refractivity contribution in [1.82, 2.24) is 0 Å². The largest absolute Gasteiger partial charge is 0.462 e. The Kier molecular flexibility index (Phi) is 12.3. The van der Waals surface area contributed by atoms with Gasteiger partial charge in [-0.3, -0.25) is 0 Å².